The highest BCUT2D eigenvalue weighted by Gasteiger charge is 2.44. The summed E-state index contributed by atoms with van der Waals surface area (Å²) < 4.78 is 5.31. The van der Waals surface area contributed by atoms with Crippen molar-refractivity contribution in [2.75, 3.05) is 27.7 Å². The summed E-state index contributed by atoms with van der Waals surface area (Å²) in [5, 5.41) is 3.84. The van der Waals surface area contributed by atoms with Gasteiger partial charge in [0, 0.05) is 17.5 Å². The first-order chi connectivity index (χ1) is 12.5. The van der Waals surface area contributed by atoms with E-state index in [2.05, 4.69) is 16.3 Å². The topological polar surface area (TPSA) is 41.6 Å². The van der Waals surface area contributed by atoms with Crippen molar-refractivity contribution in [2.45, 2.75) is 18.4 Å². The number of carbonyl (C=O) groups is 1. The highest BCUT2D eigenvalue weighted by atomic mass is 35.5. The molecule has 0 bridgehead atoms. The lowest BCUT2D eigenvalue weighted by atomic mass is 10.1. The van der Waals surface area contributed by atoms with Crippen molar-refractivity contribution in [1.29, 1.82) is 0 Å². The summed E-state index contributed by atoms with van der Waals surface area (Å²) in [5.74, 6) is 1.26. The van der Waals surface area contributed by atoms with E-state index in [9.17, 15) is 4.79 Å². The largest absolute Gasteiger partial charge is 0.497 e. The maximum Gasteiger partial charge on any atom is 0.223 e. The summed E-state index contributed by atoms with van der Waals surface area (Å²) in [7, 11) is 5.69. The highest BCUT2D eigenvalue weighted by molar-refractivity contribution is 6.30. The Bertz CT molecular complexity index is 778. The Morgan fingerprint density at radius 2 is 2.04 bits per heavy atom. The number of hydrogen-bond acceptors (Lipinski definition) is 3. The van der Waals surface area contributed by atoms with Crippen LogP contribution in [0.25, 0.3) is 0 Å². The van der Waals surface area contributed by atoms with E-state index in [0.717, 1.165) is 28.3 Å². The molecule has 1 fully saturated rings. The summed E-state index contributed by atoms with van der Waals surface area (Å²) in [4.78, 5) is 14.7. The molecular formula is C21H25ClN2O2. The third-order valence-electron chi connectivity index (χ3n) is 4.98. The number of nitrogens with one attached hydrogen (secondary N) is 1. The second-order valence-electron chi connectivity index (χ2n) is 7.00. The first-order valence-electron chi connectivity index (χ1n) is 8.83. The molecule has 0 aromatic heterocycles. The van der Waals surface area contributed by atoms with E-state index in [1.165, 1.54) is 0 Å². The number of rotatable bonds is 7. The Morgan fingerprint density at radius 1 is 1.27 bits per heavy atom. The minimum absolute atomic E-state index is 0.0431. The Morgan fingerprint density at radius 3 is 2.73 bits per heavy atom. The van der Waals surface area contributed by atoms with Crippen molar-refractivity contribution in [2.24, 2.45) is 5.92 Å². The Labute approximate surface area is 160 Å². The Balaban J connectivity index is 1.60. The van der Waals surface area contributed by atoms with E-state index in [1.807, 2.05) is 56.6 Å². The molecule has 1 aliphatic rings. The zero-order valence-corrected chi connectivity index (χ0v) is 16.2. The predicted octanol–water partition coefficient (Wildman–Crippen LogP) is 3.87. The minimum Gasteiger partial charge on any atom is -0.497 e. The fraction of sp³-hybridized carbons (Fsp3) is 0.381. The van der Waals surface area contributed by atoms with Gasteiger partial charge in [-0.05, 0) is 61.8 Å². The van der Waals surface area contributed by atoms with Gasteiger partial charge in [-0.1, -0.05) is 35.9 Å². The molecule has 2 aromatic rings. The van der Waals surface area contributed by atoms with Crippen molar-refractivity contribution >= 4 is 17.5 Å². The van der Waals surface area contributed by atoms with Gasteiger partial charge in [-0.2, -0.15) is 0 Å². The number of methoxy groups -OCH3 is 1. The molecule has 0 saturated heterocycles. The summed E-state index contributed by atoms with van der Waals surface area (Å²) >= 11 is 6.06. The lowest BCUT2D eigenvalue weighted by Crippen LogP contribution is -2.35. The summed E-state index contributed by atoms with van der Waals surface area (Å²) in [5.41, 5.74) is 2.27. The van der Waals surface area contributed by atoms with E-state index in [4.69, 9.17) is 16.3 Å². The van der Waals surface area contributed by atoms with Gasteiger partial charge in [0.05, 0.1) is 13.2 Å². The van der Waals surface area contributed by atoms with Crippen molar-refractivity contribution in [1.82, 2.24) is 10.2 Å². The fourth-order valence-corrected chi connectivity index (χ4v) is 3.56. The predicted molar refractivity (Wildman–Crippen MR) is 105 cm³/mol. The summed E-state index contributed by atoms with van der Waals surface area (Å²) in [6.45, 7) is 0.567. The van der Waals surface area contributed by atoms with Crippen LogP contribution >= 0.6 is 11.6 Å². The molecule has 0 heterocycles. The van der Waals surface area contributed by atoms with Gasteiger partial charge in [0.15, 0.2) is 0 Å². The number of amides is 1. The minimum atomic E-state index is 0.0431. The van der Waals surface area contributed by atoms with Crippen LogP contribution in [-0.4, -0.2) is 38.6 Å². The van der Waals surface area contributed by atoms with Crippen LogP contribution in [0.1, 0.15) is 29.5 Å². The molecule has 1 saturated carbocycles. The van der Waals surface area contributed by atoms with Gasteiger partial charge in [-0.25, -0.2) is 0 Å². The molecule has 0 radical (unpaired) electrons. The van der Waals surface area contributed by atoms with E-state index < -0.39 is 0 Å². The third-order valence-corrected chi connectivity index (χ3v) is 5.21. The van der Waals surface area contributed by atoms with Gasteiger partial charge in [-0.3, -0.25) is 4.79 Å². The quantitative estimate of drug-likeness (QED) is 0.802. The van der Waals surface area contributed by atoms with Crippen LogP contribution in [0.2, 0.25) is 5.02 Å². The lowest BCUT2D eigenvalue weighted by Gasteiger charge is -2.25. The van der Waals surface area contributed by atoms with Crippen LogP contribution < -0.4 is 10.1 Å². The van der Waals surface area contributed by atoms with Gasteiger partial charge >= 0.3 is 0 Å². The van der Waals surface area contributed by atoms with Gasteiger partial charge in [-0.15, -0.1) is 0 Å². The van der Waals surface area contributed by atoms with Crippen molar-refractivity contribution in [3.8, 4) is 5.75 Å². The van der Waals surface area contributed by atoms with Crippen molar-refractivity contribution < 1.29 is 9.53 Å². The number of nitrogens with zero attached hydrogens (tertiary/aromatic N) is 1. The maximum atomic E-state index is 12.6. The molecule has 138 valence electrons. The zero-order valence-electron chi connectivity index (χ0n) is 15.4. The van der Waals surface area contributed by atoms with E-state index in [1.54, 1.807) is 7.11 Å². The molecule has 3 atom stereocenters. The molecule has 1 aliphatic carbocycles. The van der Waals surface area contributed by atoms with Gasteiger partial charge in [0.2, 0.25) is 5.91 Å². The van der Waals surface area contributed by atoms with Crippen LogP contribution in [0.3, 0.4) is 0 Å². The molecule has 2 aromatic carbocycles. The first-order valence-corrected chi connectivity index (χ1v) is 9.21. The monoisotopic (exact) mass is 372 g/mol. The standard InChI is InChI=1S/C21H25ClN2O2/c1-24(2)20(15-7-5-9-17(11-15)26-3)13-23-21(25)19-12-18(19)14-6-4-8-16(22)10-14/h4-11,18-20H,12-13H2,1-3H3,(H,23,25). The van der Waals surface area contributed by atoms with Gasteiger partial charge < -0.3 is 15.0 Å². The number of likely N-dealkylation sites (N-methyl/N-ethyl adjacent to an activating group) is 1. The average Bonchev–Trinajstić information content (AvgIpc) is 3.42. The number of hydrogen-bond donors (Lipinski definition) is 1. The average molecular weight is 373 g/mol. The smallest absolute Gasteiger partial charge is 0.223 e. The molecule has 0 aliphatic heterocycles. The molecular weight excluding hydrogens is 348 g/mol. The number of benzene rings is 2. The van der Waals surface area contributed by atoms with Crippen LogP contribution in [0.4, 0.5) is 0 Å². The summed E-state index contributed by atoms with van der Waals surface area (Å²) in [6, 6.07) is 15.9. The van der Waals surface area contributed by atoms with Crippen LogP contribution in [0.5, 0.6) is 5.75 Å². The fourth-order valence-electron chi connectivity index (χ4n) is 3.37. The zero-order chi connectivity index (χ0) is 18.7. The van der Waals surface area contributed by atoms with Crippen LogP contribution in [-0.2, 0) is 4.79 Å². The first kappa shape index (κ1) is 18.7. The molecule has 0 spiro atoms. The number of ether oxygens (including phenoxy) is 1. The second-order valence-corrected chi connectivity index (χ2v) is 7.44. The second kappa shape index (κ2) is 8.11. The van der Waals surface area contributed by atoms with E-state index in [-0.39, 0.29) is 23.8 Å². The molecule has 26 heavy (non-hydrogen) atoms. The van der Waals surface area contributed by atoms with Crippen molar-refractivity contribution in [3.63, 3.8) is 0 Å². The molecule has 3 unspecified atom stereocenters. The van der Waals surface area contributed by atoms with Crippen LogP contribution in [0, 0.1) is 5.92 Å². The molecule has 1 N–H and O–H groups in total. The van der Waals surface area contributed by atoms with Gasteiger partial charge in [0.25, 0.3) is 0 Å². The highest BCUT2D eigenvalue weighted by Crippen LogP contribution is 2.48. The number of halogens is 1. The molecule has 5 heteroatoms. The maximum absolute atomic E-state index is 12.6. The van der Waals surface area contributed by atoms with E-state index in [0.29, 0.717) is 6.54 Å². The molecule has 4 nitrogen and oxygen atoms in total. The molecule has 1 amide bonds. The normalized spacial score (nSPS) is 19.9. The Hall–Kier alpha value is -2.04. The van der Waals surface area contributed by atoms with Gasteiger partial charge in [0.1, 0.15) is 5.75 Å². The SMILES string of the molecule is COc1cccc(C(CNC(=O)C2CC2c2cccc(Cl)c2)N(C)C)c1. The Kier molecular flexibility index (Phi) is 5.84. The lowest BCUT2D eigenvalue weighted by molar-refractivity contribution is -0.122. The van der Waals surface area contributed by atoms with Crippen molar-refractivity contribution in [3.05, 3.63) is 64.7 Å². The van der Waals surface area contributed by atoms with Crippen LogP contribution in [0.15, 0.2) is 48.5 Å². The molecule has 3 rings (SSSR count). The number of carbonyl (C=O) groups excluding carboxylic acids is 1. The third kappa shape index (κ3) is 4.37. The van der Waals surface area contributed by atoms with E-state index >= 15 is 0 Å². The summed E-state index contributed by atoms with van der Waals surface area (Å²) in [6.07, 6.45) is 0.887.